The van der Waals surface area contributed by atoms with Crippen LogP contribution in [0.4, 0.5) is 0 Å². The van der Waals surface area contributed by atoms with Gasteiger partial charge in [-0.3, -0.25) is 0 Å². The highest BCUT2D eigenvalue weighted by Crippen LogP contribution is 1.63. The molecule has 5 heavy (non-hydrogen) atoms. The molecule has 0 aromatic heterocycles. The lowest BCUT2D eigenvalue weighted by Gasteiger charge is -1.64. The van der Waals surface area contributed by atoms with E-state index in [0.717, 1.165) is 0 Å². The summed E-state index contributed by atoms with van der Waals surface area (Å²) in [6.07, 6.45) is 0. The molecular formula is CH5NOS2. The van der Waals surface area contributed by atoms with E-state index in [9.17, 15) is 0 Å². The van der Waals surface area contributed by atoms with E-state index in [1.807, 2.05) is 0 Å². The lowest BCUT2D eigenvalue weighted by atomic mass is 11.5. The van der Waals surface area contributed by atoms with Crippen molar-refractivity contribution in [3.8, 4) is 0 Å². The number of hydrogen-bond acceptors (Lipinski definition) is 1. The smallest absolute Gasteiger partial charge is 0.128 e. The molecule has 0 bridgehead atoms. The first kappa shape index (κ1) is 8.96. The standard InChI is InChI=1S/CH3NS2.H2O/c2-1(3)4;/h(H3,2,3,4);1H2. The van der Waals surface area contributed by atoms with Gasteiger partial charge in [0.15, 0.2) is 0 Å². The van der Waals surface area contributed by atoms with Crippen LogP contribution in [0.1, 0.15) is 0 Å². The van der Waals surface area contributed by atoms with Crippen LogP contribution in [0, 0.1) is 0 Å². The fraction of sp³-hybridized carbons (Fsp3) is 0. The van der Waals surface area contributed by atoms with E-state index in [1.54, 1.807) is 0 Å². The van der Waals surface area contributed by atoms with Gasteiger partial charge in [-0.2, -0.15) is 0 Å². The van der Waals surface area contributed by atoms with Crippen LogP contribution in [0.15, 0.2) is 0 Å². The van der Waals surface area contributed by atoms with Gasteiger partial charge in [0.25, 0.3) is 0 Å². The van der Waals surface area contributed by atoms with Gasteiger partial charge in [-0.15, -0.1) is 12.6 Å². The van der Waals surface area contributed by atoms with Crippen LogP contribution in [0.3, 0.4) is 0 Å². The molecule has 32 valence electrons. The summed E-state index contributed by atoms with van der Waals surface area (Å²) in [4.78, 5) is 0. The summed E-state index contributed by atoms with van der Waals surface area (Å²) >= 11 is 7.65. The molecule has 0 aromatic carbocycles. The van der Waals surface area contributed by atoms with Crippen molar-refractivity contribution in [2.75, 3.05) is 0 Å². The van der Waals surface area contributed by atoms with E-state index in [1.165, 1.54) is 0 Å². The molecule has 0 aliphatic heterocycles. The summed E-state index contributed by atoms with van der Waals surface area (Å²) in [5.74, 6) is 0. The van der Waals surface area contributed by atoms with Crippen LogP contribution in [0.2, 0.25) is 0 Å². The van der Waals surface area contributed by atoms with Crippen LogP contribution >= 0.6 is 24.8 Å². The van der Waals surface area contributed by atoms with Gasteiger partial charge < -0.3 is 11.2 Å². The van der Waals surface area contributed by atoms with E-state index in [0.29, 0.717) is 0 Å². The van der Waals surface area contributed by atoms with Gasteiger partial charge in [-0.25, -0.2) is 0 Å². The van der Waals surface area contributed by atoms with Gasteiger partial charge in [0.05, 0.1) is 0 Å². The predicted molar refractivity (Wildman–Crippen MR) is 29.4 cm³/mol. The molecule has 0 aliphatic carbocycles. The van der Waals surface area contributed by atoms with Crippen molar-refractivity contribution >= 4 is 29.2 Å². The molecule has 0 atom stereocenters. The SMILES string of the molecule is NC(=S)S.O. The van der Waals surface area contributed by atoms with Gasteiger partial charge in [-0.05, 0) is 0 Å². The maximum Gasteiger partial charge on any atom is 0.128 e. The monoisotopic (exact) mass is 111 g/mol. The van der Waals surface area contributed by atoms with Crippen LogP contribution in [-0.4, -0.2) is 9.80 Å². The van der Waals surface area contributed by atoms with Crippen molar-refractivity contribution in [3.05, 3.63) is 0 Å². The van der Waals surface area contributed by atoms with E-state index < -0.39 is 0 Å². The minimum Gasteiger partial charge on any atom is -0.412 e. The first-order valence-corrected chi connectivity index (χ1v) is 1.57. The van der Waals surface area contributed by atoms with Crippen molar-refractivity contribution in [1.82, 2.24) is 0 Å². The van der Waals surface area contributed by atoms with Crippen LogP contribution in [0.25, 0.3) is 0 Å². The van der Waals surface area contributed by atoms with E-state index in [-0.39, 0.29) is 9.80 Å². The third-order valence-electron chi connectivity index (χ3n) is 0. The van der Waals surface area contributed by atoms with Gasteiger partial charge in [0.1, 0.15) is 4.32 Å². The molecule has 0 radical (unpaired) electrons. The van der Waals surface area contributed by atoms with Crippen molar-refractivity contribution in [3.63, 3.8) is 0 Å². The van der Waals surface area contributed by atoms with Crippen molar-refractivity contribution in [1.29, 1.82) is 0 Å². The zero-order valence-electron chi connectivity index (χ0n) is 2.43. The normalized spacial score (nSPS) is 5.00. The minimum atomic E-state index is 0. The number of thiol groups is 1. The van der Waals surface area contributed by atoms with Gasteiger partial charge in [0.2, 0.25) is 0 Å². The highest BCUT2D eigenvalue weighted by atomic mass is 32.1. The molecule has 0 aromatic rings. The minimum absolute atomic E-state index is 0. The molecule has 0 amide bonds. The fourth-order valence-corrected chi connectivity index (χ4v) is 0. The number of thiocarbonyl (C=S) groups is 1. The van der Waals surface area contributed by atoms with Crippen LogP contribution in [0.5, 0.6) is 0 Å². The highest BCUT2D eigenvalue weighted by Gasteiger charge is 1.55. The van der Waals surface area contributed by atoms with Crippen LogP contribution in [-0.2, 0) is 0 Å². The molecule has 0 heterocycles. The predicted octanol–water partition coefficient (Wildman–Crippen LogP) is -0.665. The molecule has 0 fully saturated rings. The zero-order valence-corrected chi connectivity index (χ0v) is 4.14. The van der Waals surface area contributed by atoms with Crippen molar-refractivity contribution in [2.24, 2.45) is 5.73 Å². The molecular weight excluding hydrogens is 106 g/mol. The van der Waals surface area contributed by atoms with Gasteiger partial charge in [0, 0.05) is 0 Å². The van der Waals surface area contributed by atoms with Crippen molar-refractivity contribution in [2.45, 2.75) is 0 Å². The molecule has 2 nitrogen and oxygen atoms in total. The third kappa shape index (κ3) is 508. The van der Waals surface area contributed by atoms with Crippen molar-refractivity contribution < 1.29 is 5.48 Å². The molecule has 0 aliphatic rings. The maximum atomic E-state index is 4.71. The largest absolute Gasteiger partial charge is 0.412 e. The Bertz CT molecular complexity index is 32.6. The lowest BCUT2D eigenvalue weighted by Crippen LogP contribution is -1.94. The van der Waals surface area contributed by atoms with E-state index in [2.05, 4.69) is 24.8 Å². The number of rotatable bonds is 0. The summed E-state index contributed by atoms with van der Waals surface area (Å²) in [6, 6.07) is 0. The molecule has 4 heteroatoms. The second kappa shape index (κ2) is 4.20. The molecule has 0 spiro atoms. The van der Waals surface area contributed by atoms with Gasteiger partial charge >= 0.3 is 0 Å². The quantitative estimate of drug-likeness (QED) is 0.322. The Morgan fingerprint density at radius 1 is 1.80 bits per heavy atom. The summed E-state index contributed by atoms with van der Waals surface area (Å²) in [5, 5.41) is 0. The first-order valence-electron chi connectivity index (χ1n) is 0.716. The average Bonchev–Trinajstić information content (AvgIpc) is 0.811. The van der Waals surface area contributed by atoms with Crippen LogP contribution < -0.4 is 5.73 Å². The summed E-state index contributed by atoms with van der Waals surface area (Å²) in [6.45, 7) is 0. The fourth-order valence-electron chi connectivity index (χ4n) is 0. The molecule has 0 saturated carbocycles. The Morgan fingerprint density at radius 3 is 1.80 bits per heavy atom. The lowest BCUT2D eigenvalue weighted by molar-refractivity contribution is 0.824. The summed E-state index contributed by atoms with van der Waals surface area (Å²) in [5.41, 5.74) is 4.71. The highest BCUT2D eigenvalue weighted by molar-refractivity contribution is 8.10. The Morgan fingerprint density at radius 2 is 1.80 bits per heavy atom. The molecule has 0 unspecified atom stereocenters. The second-order valence-corrected chi connectivity index (χ2v) is 1.56. The van der Waals surface area contributed by atoms with Gasteiger partial charge in [-0.1, -0.05) is 12.2 Å². The molecule has 4 N–H and O–H groups in total. The second-order valence-electron chi connectivity index (χ2n) is 0.338. The third-order valence-corrected chi connectivity index (χ3v) is 0. The Kier molecular flexibility index (Phi) is 7.52. The Hall–Kier alpha value is 0.200. The molecule has 0 rings (SSSR count). The first-order chi connectivity index (χ1) is 1.73. The Balaban J connectivity index is 0. The summed E-state index contributed by atoms with van der Waals surface area (Å²) in [7, 11) is 0. The summed E-state index contributed by atoms with van der Waals surface area (Å²) < 4.78 is 0.194. The zero-order chi connectivity index (χ0) is 3.58. The number of nitrogens with two attached hydrogens (primary N) is 1. The Labute approximate surface area is 41.1 Å². The topological polar surface area (TPSA) is 57.5 Å². The number of hydrogen-bond donors (Lipinski definition) is 2. The average molecular weight is 111 g/mol. The maximum absolute atomic E-state index is 4.71. The van der Waals surface area contributed by atoms with E-state index >= 15 is 0 Å². The van der Waals surface area contributed by atoms with E-state index in [4.69, 9.17) is 5.73 Å². The molecule has 0 saturated heterocycles.